The Bertz CT molecular complexity index is 981. The van der Waals surface area contributed by atoms with Gasteiger partial charge in [0.1, 0.15) is 13.2 Å². The first-order valence-corrected chi connectivity index (χ1v) is 10.1. The van der Waals surface area contributed by atoms with Gasteiger partial charge in [0, 0.05) is 6.07 Å². The molecule has 0 fully saturated rings. The van der Waals surface area contributed by atoms with Gasteiger partial charge in [-0.15, -0.1) is 0 Å². The van der Waals surface area contributed by atoms with Crippen LogP contribution in [0.3, 0.4) is 0 Å². The maximum atomic E-state index is 13.1. The number of ether oxygens (including phenoxy) is 2. The Morgan fingerprint density at radius 1 is 0.741 bits per heavy atom. The molecule has 0 aliphatic carbocycles. The van der Waals surface area contributed by atoms with Gasteiger partial charge < -0.3 is 9.47 Å². The summed E-state index contributed by atoms with van der Waals surface area (Å²) in [5.41, 5.74) is 1.73. The monoisotopic (exact) mass is 381 g/mol. The standard InChI is InChI=1S/C21H19NO4S/c23-27(24,18-11-12-19-20(15-18)26-14-13-25-19)22-21(16-7-3-1-4-8-16)17-9-5-2-6-10-17/h1-12,15,21-22H,13-14H2. The molecule has 0 bridgehead atoms. The third-order valence-electron chi connectivity index (χ3n) is 4.36. The molecule has 3 aromatic rings. The summed E-state index contributed by atoms with van der Waals surface area (Å²) in [7, 11) is -3.77. The van der Waals surface area contributed by atoms with Crippen molar-refractivity contribution >= 4 is 10.0 Å². The first kappa shape index (κ1) is 17.6. The van der Waals surface area contributed by atoms with Gasteiger partial charge in [0.05, 0.1) is 10.9 Å². The van der Waals surface area contributed by atoms with Crippen molar-refractivity contribution in [3.05, 3.63) is 90.0 Å². The van der Waals surface area contributed by atoms with E-state index < -0.39 is 16.1 Å². The normalized spacial score (nSPS) is 13.5. The molecule has 0 atom stereocenters. The summed E-state index contributed by atoms with van der Waals surface area (Å²) in [5, 5.41) is 0. The number of nitrogens with one attached hydrogen (secondary N) is 1. The summed E-state index contributed by atoms with van der Waals surface area (Å²) in [6.45, 7) is 0.863. The Morgan fingerprint density at radius 3 is 1.89 bits per heavy atom. The number of rotatable bonds is 5. The second-order valence-electron chi connectivity index (χ2n) is 6.18. The minimum absolute atomic E-state index is 0.142. The Balaban J connectivity index is 1.70. The molecule has 1 N–H and O–H groups in total. The zero-order valence-electron chi connectivity index (χ0n) is 14.5. The highest BCUT2D eigenvalue weighted by Crippen LogP contribution is 2.33. The van der Waals surface area contributed by atoms with Crippen LogP contribution in [0.15, 0.2) is 83.8 Å². The molecule has 1 heterocycles. The zero-order valence-corrected chi connectivity index (χ0v) is 15.4. The molecule has 27 heavy (non-hydrogen) atoms. The van der Waals surface area contributed by atoms with E-state index in [1.54, 1.807) is 6.07 Å². The molecular weight excluding hydrogens is 362 g/mol. The summed E-state index contributed by atoms with van der Waals surface area (Å²) in [4.78, 5) is 0.142. The van der Waals surface area contributed by atoms with Gasteiger partial charge in [0.25, 0.3) is 0 Å². The Hall–Kier alpha value is -2.83. The fourth-order valence-electron chi connectivity index (χ4n) is 3.03. The Morgan fingerprint density at radius 2 is 1.30 bits per heavy atom. The van der Waals surface area contributed by atoms with Gasteiger partial charge in [-0.25, -0.2) is 8.42 Å². The predicted molar refractivity (Wildman–Crippen MR) is 102 cm³/mol. The van der Waals surface area contributed by atoms with Crippen molar-refractivity contribution in [2.75, 3.05) is 13.2 Å². The second-order valence-corrected chi connectivity index (χ2v) is 7.90. The van der Waals surface area contributed by atoms with E-state index in [1.807, 2.05) is 60.7 Å². The smallest absolute Gasteiger partial charge is 0.241 e. The average molecular weight is 381 g/mol. The van der Waals surface area contributed by atoms with Crippen LogP contribution in [0.1, 0.15) is 17.2 Å². The molecule has 3 aromatic carbocycles. The summed E-state index contributed by atoms with van der Waals surface area (Å²) in [6, 6.07) is 23.2. The van der Waals surface area contributed by atoms with Crippen LogP contribution < -0.4 is 14.2 Å². The molecule has 4 rings (SSSR count). The molecule has 0 radical (unpaired) electrons. The van der Waals surface area contributed by atoms with E-state index in [9.17, 15) is 8.42 Å². The lowest BCUT2D eigenvalue weighted by Gasteiger charge is -2.22. The molecule has 5 nitrogen and oxygen atoms in total. The molecule has 0 spiro atoms. The predicted octanol–water partition coefficient (Wildman–Crippen LogP) is 3.53. The molecule has 0 amide bonds. The van der Waals surface area contributed by atoms with E-state index in [4.69, 9.17) is 9.47 Å². The maximum Gasteiger partial charge on any atom is 0.241 e. The lowest BCUT2D eigenvalue weighted by molar-refractivity contribution is 0.171. The lowest BCUT2D eigenvalue weighted by Crippen LogP contribution is -2.29. The molecule has 0 aromatic heterocycles. The van der Waals surface area contributed by atoms with Crippen molar-refractivity contribution in [1.29, 1.82) is 0 Å². The Kier molecular flexibility index (Phi) is 4.83. The molecule has 1 aliphatic rings. The average Bonchev–Trinajstić information content (AvgIpc) is 2.73. The topological polar surface area (TPSA) is 64.6 Å². The lowest BCUT2D eigenvalue weighted by atomic mass is 10.00. The number of fused-ring (bicyclic) bond motifs is 1. The summed E-state index contributed by atoms with van der Waals surface area (Å²) in [6.07, 6.45) is 0. The highest BCUT2D eigenvalue weighted by atomic mass is 32.2. The van der Waals surface area contributed by atoms with E-state index in [0.717, 1.165) is 11.1 Å². The Labute approximate surface area is 158 Å². The first-order chi connectivity index (χ1) is 13.1. The van der Waals surface area contributed by atoms with Gasteiger partial charge in [0.15, 0.2) is 11.5 Å². The molecule has 0 unspecified atom stereocenters. The van der Waals surface area contributed by atoms with Gasteiger partial charge in [-0.2, -0.15) is 4.72 Å². The van der Waals surface area contributed by atoms with Crippen LogP contribution >= 0.6 is 0 Å². The van der Waals surface area contributed by atoms with Crippen molar-refractivity contribution < 1.29 is 17.9 Å². The maximum absolute atomic E-state index is 13.1. The van der Waals surface area contributed by atoms with Crippen molar-refractivity contribution in [2.24, 2.45) is 0 Å². The van der Waals surface area contributed by atoms with Crippen molar-refractivity contribution in [2.45, 2.75) is 10.9 Å². The number of hydrogen-bond acceptors (Lipinski definition) is 4. The largest absolute Gasteiger partial charge is 0.486 e. The second kappa shape index (κ2) is 7.42. The summed E-state index contributed by atoms with van der Waals surface area (Å²) < 4.78 is 39.9. The van der Waals surface area contributed by atoms with Crippen LogP contribution in [-0.4, -0.2) is 21.6 Å². The highest BCUT2D eigenvalue weighted by molar-refractivity contribution is 7.89. The third-order valence-corrected chi connectivity index (χ3v) is 5.78. The highest BCUT2D eigenvalue weighted by Gasteiger charge is 2.24. The molecule has 0 saturated heterocycles. The quantitative estimate of drug-likeness (QED) is 0.734. The fraction of sp³-hybridized carbons (Fsp3) is 0.143. The minimum atomic E-state index is -3.77. The van der Waals surface area contributed by atoms with Crippen LogP contribution in [-0.2, 0) is 10.0 Å². The number of sulfonamides is 1. The van der Waals surface area contributed by atoms with Crippen LogP contribution in [0.2, 0.25) is 0 Å². The van der Waals surface area contributed by atoms with E-state index in [-0.39, 0.29) is 4.90 Å². The van der Waals surface area contributed by atoms with Crippen LogP contribution in [0, 0.1) is 0 Å². The molecule has 138 valence electrons. The van der Waals surface area contributed by atoms with Gasteiger partial charge in [-0.05, 0) is 23.3 Å². The number of hydrogen-bond donors (Lipinski definition) is 1. The van der Waals surface area contributed by atoms with Gasteiger partial charge >= 0.3 is 0 Å². The number of benzene rings is 3. The van der Waals surface area contributed by atoms with E-state index >= 15 is 0 Å². The molecular formula is C21H19NO4S. The first-order valence-electron chi connectivity index (χ1n) is 8.65. The SMILES string of the molecule is O=S(=O)(NC(c1ccccc1)c1ccccc1)c1ccc2c(c1)OCCO2. The molecule has 0 saturated carbocycles. The minimum Gasteiger partial charge on any atom is -0.486 e. The van der Waals surface area contributed by atoms with Gasteiger partial charge in [-0.1, -0.05) is 60.7 Å². The van der Waals surface area contributed by atoms with Crippen LogP contribution in [0.4, 0.5) is 0 Å². The van der Waals surface area contributed by atoms with Crippen molar-refractivity contribution in [1.82, 2.24) is 4.72 Å². The van der Waals surface area contributed by atoms with Gasteiger partial charge in [-0.3, -0.25) is 0 Å². The van der Waals surface area contributed by atoms with Gasteiger partial charge in [0.2, 0.25) is 10.0 Å². The summed E-state index contributed by atoms with van der Waals surface area (Å²) >= 11 is 0. The van der Waals surface area contributed by atoms with Crippen LogP contribution in [0.5, 0.6) is 11.5 Å². The molecule has 1 aliphatic heterocycles. The zero-order chi connectivity index (χ0) is 18.7. The molecule has 6 heteroatoms. The third kappa shape index (κ3) is 3.82. The van der Waals surface area contributed by atoms with E-state index in [0.29, 0.717) is 24.7 Å². The van der Waals surface area contributed by atoms with Crippen molar-refractivity contribution in [3.63, 3.8) is 0 Å². The van der Waals surface area contributed by atoms with E-state index in [2.05, 4.69) is 4.72 Å². The summed E-state index contributed by atoms with van der Waals surface area (Å²) in [5.74, 6) is 1.00. The van der Waals surface area contributed by atoms with Crippen molar-refractivity contribution in [3.8, 4) is 11.5 Å². The van der Waals surface area contributed by atoms with Crippen LogP contribution in [0.25, 0.3) is 0 Å². The fourth-order valence-corrected chi connectivity index (χ4v) is 4.26. The van der Waals surface area contributed by atoms with E-state index in [1.165, 1.54) is 12.1 Å².